The van der Waals surface area contributed by atoms with Crippen molar-refractivity contribution >= 4 is 23.2 Å². The number of halogens is 1. The van der Waals surface area contributed by atoms with Gasteiger partial charge in [0.05, 0.1) is 23.0 Å². The number of aromatic nitrogens is 2. The number of amides is 1. The zero-order chi connectivity index (χ0) is 16.9. The summed E-state index contributed by atoms with van der Waals surface area (Å²) in [6, 6.07) is 5.86. The molecule has 1 amide bonds. The second-order valence-electron chi connectivity index (χ2n) is 6.40. The van der Waals surface area contributed by atoms with Crippen molar-refractivity contribution in [3.05, 3.63) is 45.7 Å². The molecule has 2 aromatic rings. The third-order valence-electron chi connectivity index (χ3n) is 4.25. The monoisotopic (exact) mass is 333 g/mol. The Morgan fingerprint density at radius 1 is 1.43 bits per heavy atom. The Balaban J connectivity index is 1.90. The summed E-state index contributed by atoms with van der Waals surface area (Å²) in [7, 11) is 1.71. The van der Waals surface area contributed by atoms with E-state index in [1.807, 2.05) is 39.0 Å². The lowest BCUT2D eigenvalue weighted by Gasteiger charge is -2.19. The Labute approximate surface area is 140 Å². The first-order valence-electron chi connectivity index (χ1n) is 7.53. The van der Waals surface area contributed by atoms with Crippen LogP contribution in [0.5, 0.6) is 0 Å². The third-order valence-corrected chi connectivity index (χ3v) is 4.68. The largest absolute Gasteiger partial charge is 0.363 e. The van der Waals surface area contributed by atoms with Gasteiger partial charge < -0.3 is 10.1 Å². The summed E-state index contributed by atoms with van der Waals surface area (Å²) >= 11 is 6.15. The molecule has 1 atom stereocenters. The number of rotatable bonds is 2. The van der Waals surface area contributed by atoms with Gasteiger partial charge in [-0.2, -0.15) is 5.10 Å². The minimum absolute atomic E-state index is 0.000526. The topological polar surface area (TPSA) is 56.2 Å². The molecule has 1 aromatic carbocycles. The van der Waals surface area contributed by atoms with Crippen LogP contribution in [0.1, 0.15) is 54.1 Å². The minimum Gasteiger partial charge on any atom is -0.363 e. The van der Waals surface area contributed by atoms with Crippen molar-refractivity contribution in [1.29, 1.82) is 0 Å². The van der Waals surface area contributed by atoms with Crippen LogP contribution in [-0.4, -0.2) is 15.7 Å². The van der Waals surface area contributed by atoms with E-state index in [9.17, 15) is 4.79 Å². The summed E-state index contributed by atoms with van der Waals surface area (Å²) in [5.41, 5.74) is 3.68. The van der Waals surface area contributed by atoms with Crippen LogP contribution < -0.4 is 5.32 Å². The zero-order valence-electron chi connectivity index (χ0n) is 13.9. The third kappa shape index (κ3) is 2.64. The number of benzene rings is 1. The fourth-order valence-electron chi connectivity index (χ4n) is 3.18. The van der Waals surface area contributed by atoms with E-state index < -0.39 is 0 Å². The SMILES string of the molecule is Cc1nn(C)c(Cl)c1C(=O)Nc1ccc2c(c1)C(C)OC2(C)C. The molecule has 0 bridgehead atoms. The van der Waals surface area contributed by atoms with E-state index in [1.54, 1.807) is 14.0 Å². The molecular formula is C17H20ClN3O2. The standard InChI is InChI=1S/C17H20ClN3O2/c1-9-14(15(18)21(5)20-9)16(22)19-11-6-7-13-12(8-11)10(2)23-17(13,3)4/h6-8,10H,1-5H3,(H,19,22). The molecule has 23 heavy (non-hydrogen) atoms. The van der Waals surface area contributed by atoms with E-state index >= 15 is 0 Å². The highest BCUT2D eigenvalue weighted by atomic mass is 35.5. The van der Waals surface area contributed by atoms with Crippen LogP contribution in [0.15, 0.2) is 18.2 Å². The first-order valence-corrected chi connectivity index (χ1v) is 7.91. The maximum Gasteiger partial charge on any atom is 0.260 e. The van der Waals surface area contributed by atoms with Gasteiger partial charge in [-0.05, 0) is 51.0 Å². The normalized spacial score (nSPS) is 18.8. The zero-order valence-corrected chi connectivity index (χ0v) is 14.7. The van der Waals surface area contributed by atoms with Crippen LogP contribution in [0.4, 0.5) is 5.69 Å². The van der Waals surface area contributed by atoms with Gasteiger partial charge in [-0.15, -0.1) is 0 Å². The van der Waals surface area contributed by atoms with E-state index in [4.69, 9.17) is 16.3 Å². The number of nitrogens with one attached hydrogen (secondary N) is 1. The number of carbonyl (C=O) groups is 1. The van der Waals surface area contributed by atoms with Crippen molar-refractivity contribution in [2.45, 2.75) is 39.4 Å². The average molecular weight is 334 g/mol. The van der Waals surface area contributed by atoms with Gasteiger partial charge in [0.15, 0.2) is 0 Å². The maximum absolute atomic E-state index is 12.5. The summed E-state index contributed by atoms with van der Waals surface area (Å²) < 4.78 is 7.45. The molecule has 0 fully saturated rings. The van der Waals surface area contributed by atoms with E-state index in [-0.39, 0.29) is 17.6 Å². The Kier molecular flexibility index (Phi) is 3.73. The fourth-order valence-corrected chi connectivity index (χ4v) is 3.44. The number of nitrogens with zero attached hydrogens (tertiary/aromatic N) is 2. The molecule has 3 rings (SSSR count). The molecule has 0 radical (unpaired) electrons. The Morgan fingerprint density at radius 3 is 2.74 bits per heavy atom. The summed E-state index contributed by atoms with van der Waals surface area (Å²) in [4.78, 5) is 12.5. The summed E-state index contributed by atoms with van der Waals surface area (Å²) in [6.07, 6.45) is 0.000526. The number of ether oxygens (including phenoxy) is 1. The van der Waals surface area contributed by atoms with Crippen molar-refractivity contribution in [1.82, 2.24) is 9.78 Å². The van der Waals surface area contributed by atoms with E-state index in [0.717, 1.165) is 16.8 Å². The van der Waals surface area contributed by atoms with Crippen molar-refractivity contribution in [3.63, 3.8) is 0 Å². The minimum atomic E-state index is -0.305. The number of hydrogen-bond donors (Lipinski definition) is 1. The second kappa shape index (κ2) is 5.35. The van der Waals surface area contributed by atoms with Gasteiger partial charge in [-0.1, -0.05) is 17.7 Å². The molecule has 0 aliphatic carbocycles. The lowest BCUT2D eigenvalue weighted by Crippen LogP contribution is -2.15. The molecule has 0 spiro atoms. The fraction of sp³-hybridized carbons (Fsp3) is 0.412. The highest BCUT2D eigenvalue weighted by Crippen LogP contribution is 2.43. The smallest absolute Gasteiger partial charge is 0.260 e. The van der Waals surface area contributed by atoms with Crippen LogP contribution in [0.25, 0.3) is 0 Å². The molecule has 0 saturated heterocycles. The highest BCUT2D eigenvalue weighted by Gasteiger charge is 2.35. The molecule has 1 aliphatic heterocycles. The molecule has 1 N–H and O–H groups in total. The van der Waals surface area contributed by atoms with Crippen molar-refractivity contribution in [2.75, 3.05) is 5.32 Å². The first-order chi connectivity index (χ1) is 10.7. The lowest BCUT2D eigenvalue weighted by atomic mass is 9.94. The van der Waals surface area contributed by atoms with Crippen molar-refractivity contribution in [3.8, 4) is 0 Å². The van der Waals surface area contributed by atoms with Gasteiger partial charge in [-0.25, -0.2) is 0 Å². The predicted octanol–water partition coefficient (Wildman–Crippen LogP) is 3.96. The van der Waals surface area contributed by atoms with Gasteiger partial charge in [0.25, 0.3) is 5.91 Å². The Hall–Kier alpha value is -1.85. The molecule has 0 saturated carbocycles. The Morgan fingerprint density at radius 2 is 2.13 bits per heavy atom. The quantitative estimate of drug-likeness (QED) is 0.905. The number of fused-ring (bicyclic) bond motifs is 1. The molecule has 122 valence electrons. The summed E-state index contributed by atoms with van der Waals surface area (Å²) in [5.74, 6) is -0.258. The molecule has 6 heteroatoms. The van der Waals surface area contributed by atoms with E-state index in [0.29, 0.717) is 16.4 Å². The van der Waals surface area contributed by atoms with Crippen LogP contribution in [0, 0.1) is 6.92 Å². The van der Waals surface area contributed by atoms with Crippen LogP contribution in [0.2, 0.25) is 5.15 Å². The number of hydrogen-bond acceptors (Lipinski definition) is 3. The average Bonchev–Trinajstić information content (AvgIpc) is 2.83. The molecule has 5 nitrogen and oxygen atoms in total. The Bertz CT molecular complexity index is 795. The summed E-state index contributed by atoms with van der Waals surface area (Å²) in [6.45, 7) is 7.88. The number of anilines is 1. The summed E-state index contributed by atoms with van der Waals surface area (Å²) in [5, 5.41) is 7.40. The van der Waals surface area contributed by atoms with Crippen LogP contribution >= 0.6 is 11.6 Å². The van der Waals surface area contributed by atoms with Gasteiger partial charge >= 0.3 is 0 Å². The van der Waals surface area contributed by atoms with E-state index in [1.165, 1.54) is 4.68 Å². The number of aryl methyl sites for hydroxylation is 2. The molecule has 2 heterocycles. The first kappa shape index (κ1) is 16.0. The van der Waals surface area contributed by atoms with Gasteiger partial charge in [-0.3, -0.25) is 9.48 Å². The van der Waals surface area contributed by atoms with Gasteiger partial charge in [0.1, 0.15) is 5.15 Å². The lowest BCUT2D eigenvalue weighted by molar-refractivity contribution is -0.0435. The maximum atomic E-state index is 12.5. The van der Waals surface area contributed by atoms with Crippen LogP contribution in [-0.2, 0) is 17.4 Å². The second-order valence-corrected chi connectivity index (χ2v) is 6.76. The molecular weight excluding hydrogens is 314 g/mol. The van der Waals surface area contributed by atoms with Crippen LogP contribution in [0.3, 0.4) is 0 Å². The van der Waals surface area contributed by atoms with Gasteiger partial charge in [0.2, 0.25) is 0 Å². The number of carbonyl (C=O) groups excluding carboxylic acids is 1. The van der Waals surface area contributed by atoms with E-state index in [2.05, 4.69) is 10.4 Å². The molecule has 1 unspecified atom stereocenters. The van der Waals surface area contributed by atoms with Gasteiger partial charge in [0, 0.05) is 12.7 Å². The highest BCUT2D eigenvalue weighted by molar-refractivity contribution is 6.33. The molecule has 1 aliphatic rings. The van der Waals surface area contributed by atoms with Crippen molar-refractivity contribution in [2.24, 2.45) is 7.05 Å². The van der Waals surface area contributed by atoms with Crippen molar-refractivity contribution < 1.29 is 9.53 Å². The predicted molar refractivity (Wildman–Crippen MR) is 89.9 cm³/mol. The molecule has 1 aromatic heterocycles.